The van der Waals surface area contributed by atoms with Crippen molar-refractivity contribution in [2.75, 3.05) is 19.0 Å². The molecule has 0 aliphatic carbocycles. The molecular formula is C23H28N2O5. The van der Waals surface area contributed by atoms with Gasteiger partial charge in [-0.15, -0.1) is 0 Å². The second kappa shape index (κ2) is 11.0. The van der Waals surface area contributed by atoms with E-state index in [-0.39, 0.29) is 12.5 Å². The topological polar surface area (TPSA) is 93.7 Å². The van der Waals surface area contributed by atoms with Crippen LogP contribution >= 0.6 is 0 Å². The summed E-state index contributed by atoms with van der Waals surface area (Å²) in [5, 5.41) is 5.29. The fraction of sp³-hybridized carbons (Fsp3) is 0.348. The summed E-state index contributed by atoms with van der Waals surface area (Å²) in [7, 11) is 1.50. The number of carbonyl (C=O) groups is 3. The van der Waals surface area contributed by atoms with Gasteiger partial charge in [0.25, 0.3) is 11.8 Å². The molecule has 2 N–H and O–H groups in total. The van der Waals surface area contributed by atoms with Crippen molar-refractivity contribution < 1.29 is 23.9 Å². The zero-order valence-corrected chi connectivity index (χ0v) is 17.7. The maximum absolute atomic E-state index is 12.5. The first-order valence-electron chi connectivity index (χ1n) is 9.87. The number of methoxy groups -OCH3 is 1. The van der Waals surface area contributed by atoms with Crippen LogP contribution in [0.25, 0.3) is 0 Å². The predicted molar refractivity (Wildman–Crippen MR) is 115 cm³/mol. The van der Waals surface area contributed by atoms with E-state index in [4.69, 9.17) is 9.47 Å². The number of anilines is 1. The summed E-state index contributed by atoms with van der Waals surface area (Å²) in [6, 6.07) is 14.1. The quantitative estimate of drug-likeness (QED) is 0.615. The molecule has 160 valence electrons. The summed E-state index contributed by atoms with van der Waals surface area (Å²) < 4.78 is 10.2. The number of para-hydroxylation sites is 1. The van der Waals surface area contributed by atoms with Gasteiger partial charge in [0.2, 0.25) is 0 Å². The summed E-state index contributed by atoms with van der Waals surface area (Å²) >= 11 is 0. The molecule has 0 fully saturated rings. The van der Waals surface area contributed by atoms with E-state index in [1.54, 1.807) is 24.3 Å². The monoisotopic (exact) mass is 412 g/mol. The Morgan fingerprint density at radius 1 is 1.03 bits per heavy atom. The van der Waals surface area contributed by atoms with Gasteiger partial charge < -0.3 is 20.1 Å². The Balaban J connectivity index is 1.88. The highest BCUT2D eigenvalue weighted by molar-refractivity contribution is 5.97. The highest BCUT2D eigenvalue weighted by Crippen LogP contribution is 2.26. The SMILES string of the molecule is CC[C@H](C)c1ccccc1NC(=O)[C@H](C)OC(=O)CNC(=O)c1cccc(OC)c1. The third kappa shape index (κ3) is 6.34. The second-order valence-corrected chi connectivity index (χ2v) is 6.93. The summed E-state index contributed by atoms with van der Waals surface area (Å²) in [6.45, 7) is 5.30. The summed E-state index contributed by atoms with van der Waals surface area (Å²) in [6.07, 6.45) is -0.0686. The predicted octanol–water partition coefficient (Wildman–Crippen LogP) is 3.51. The van der Waals surface area contributed by atoms with Crippen molar-refractivity contribution in [2.24, 2.45) is 0 Å². The normalized spacial score (nSPS) is 12.4. The Morgan fingerprint density at radius 2 is 1.77 bits per heavy atom. The van der Waals surface area contributed by atoms with E-state index in [1.165, 1.54) is 14.0 Å². The van der Waals surface area contributed by atoms with Crippen molar-refractivity contribution in [2.45, 2.75) is 39.2 Å². The number of amides is 2. The first-order chi connectivity index (χ1) is 14.3. The molecule has 0 heterocycles. The van der Waals surface area contributed by atoms with Crippen LogP contribution in [-0.2, 0) is 14.3 Å². The number of nitrogens with one attached hydrogen (secondary N) is 2. The van der Waals surface area contributed by atoms with Gasteiger partial charge in [-0.05, 0) is 49.1 Å². The number of rotatable bonds is 9. The van der Waals surface area contributed by atoms with E-state index in [0.29, 0.717) is 17.0 Å². The molecule has 2 atom stereocenters. The van der Waals surface area contributed by atoms with Crippen molar-refractivity contribution >= 4 is 23.5 Å². The minimum atomic E-state index is -1.00. The van der Waals surface area contributed by atoms with Gasteiger partial charge in [0.15, 0.2) is 6.10 Å². The molecule has 7 nitrogen and oxygen atoms in total. The summed E-state index contributed by atoms with van der Waals surface area (Å²) in [5.41, 5.74) is 2.08. The van der Waals surface area contributed by atoms with Crippen LogP contribution in [0.3, 0.4) is 0 Å². The number of hydrogen-bond acceptors (Lipinski definition) is 5. The zero-order chi connectivity index (χ0) is 22.1. The van der Waals surface area contributed by atoms with E-state index in [2.05, 4.69) is 24.5 Å². The highest BCUT2D eigenvalue weighted by atomic mass is 16.5. The molecule has 2 amide bonds. The molecule has 2 aromatic carbocycles. The van der Waals surface area contributed by atoms with E-state index < -0.39 is 23.9 Å². The van der Waals surface area contributed by atoms with Gasteiger partial charge in [0, 0.05) is 11.3 Å². The number of esters is 1. The van der Waals surface area contributed by atoms with E-state index in [0.717, 1.165) is 12.0 Å². The molecule has 0 aliphatic rings. The van der Waals surface area contributed by atoms with E-state index in [1.807, 2.05) is 24.3 Å². The van der Waals surface area contributed by atoms with Gasteiger partial charge >= 0.3 is 5.97 Å². The van der Waals surface area contributed by atoms with Crippen LogP contribution in [0.2, 0.25) is 0 Å². The molecule has 0 aromatic heterocycles. The largest absolute Gasteiger partial charge is 0.497 e. The Kier molecular flexibility index (Phi) is 8.41. The third-order valence-corrected chi connectivity index (χ3v) is 4.76. The minimum absolute atomic E-state index is 0.283. The Labute approximate surface area is 176 Å². The van der Waals surface area contributed by atoms with Crippen LogP contribution in [0, 0.1) is 0 Å². The van der Waals surface area contributed by atoms with Crippen LogP contribution in [0.15, 0.2) is 48.5 Å². The molecule has 0 radical (unpaired) electrons. The van der Waals surface area contributed by atoms with Gasteiger partial charge in [-0.25, -0.2) is 0 Å². The number of ether oxygens (including phenoxy) is 2. The number of hydrogen-bond donors (Lipinski definition) is 2. The molecular weight excluding hydrogens is 384 g/mol. The highest BCUT2D eigenvalue weighted by Gasteiger charge is 2.20. The lowest BCUT2D eigenvalue weighted by atomic mass is 9.97. The molecule has 2 rings (SSSR count). The Bertz CT molecular complexity index is 897. The smallest absolute Gasteiger partial charge is 0.326 e. The van der Waals surface area contributed by atoms with Crippen molar-refractivity contribution in [3.63, 3.8) is 0 Å². The van der Waals surface area contributed by atoms with Crippen molar-refractivity contribution in [1.29, 1.82) is 0 Å². The molecule has 2 aromatic rings. The van der Waals surface area contributed by atoms with Crippen LogP contribution in [-0.4, -0.2) is 37.5 Å². The molecule has 30 heavy (non-hydrogen) atoms. The lowest BCUT2D eigenvalue weighted by molar-refractivity contribution is -0.152. The molecule has 0 saturated carbocycles. The van der Waals surface area contributed by atoms with Crippen molar-refractivity contribution in [3.8, 4) is 5.75 Å². The van der Waals surface area contributed by atoms with Crippen LogP contribution in [0.4, 0.5) is 5.69 Å². The minimum Gasteiger partial charge on any atom is -0.497 e. The Morgan fingerprint density at radius 3 is 2.47 bits per heavy atom. The zero-order valence-electron chi connectivity index (χ0n) is 17.7. The molecule has 0 bridgehead atoms. The van der Waals surface area contributed by atoms with E-state index >= 15 is 0 Å². The van der Waals surface area contributed by atoms with Crippen LogP contribution in [0.5, 0.6) is 5.75 Å². The fourth-order valence-electron chi connectivity index (χ4n) is 2.81. The van der Waals surface area contributed by atoms with Crippen LogP contribution < -0.4 is 15.4 Å². The van der Waals surface area contributed by atoms with Gasteiger partial charge in [-0.3, -0.25) is 14.4 Å². The number of carbonyl (C=O) groups excluding carboxylic acids is 3. The van der Waals surface area contributed by atoms with Crippen molar-refractivity contribution in [3.05, 3.63) is 59.7 Å². The summed E-state index contributed by atoms with van der Waals surface area (Å²) in [5.74, 6) is -0.757. The van der Waals surface area contributed by atoms with Gasteiger partial charge in [-0.1, -0.05) is 38.1 Å². The van der Waals surface area contributed by atoms with Crippen molar-refractivity contribution in [1.82, 2.24) is 5.32 Å². The lowest BCUT2D eigenvalue weighted by Crippen LogP contribution is -2.36. The first-order valence-corrected chi connectivity index (χ1v) is 9.87. The van der Waals surface area contributed by atoms with E-state index in [9.17, 15) is 14.4 Å². The molecule has 7 heteroatoms. The maximum Gasteiger partial charge on any atom is 0.326 e. The lowest BCUT2D eigenvalue weighted by Gasteiger charge is -2.18. The van der Waals surface area contributed by atoms with Gasteiger partial charge in [0.1, 0.15) is 12.3 Å². The molecule has 0 unspecified atom stereocenters. The fourth-order valence-corrected chi connectivity index (χ4v) is 2.81. The molecule has 0 saturated heterocycles. The average molecular weight is 412 g/mol. The molecule has 0 spiro atoms. The first kappa shape index (κ1) is 22.9. The number of benzene rings is 2. The summed E-state index contributed by atoms with van der Waals surface area (Å²) in [4.78, 5) is 36.7. The molecule has 0 aliphatic heterocycles. The Hall–Kier alpha value is -3.35. The third-order valence-electron chi connectivity index (χ3n) is 4.76. The van der Waals surface area contributed by atoms with Gasteiger partial charge in [-0.2, -0.15) is 0 Å². The second-order valence-electron chi connectivity index (χ2n) is 6.93. The van der Waals surface area contributed by atoms with Crippen LogP contribution in [0.1, 0.15) is 49.0 Å². The standard InChI is InChI=1S/C23H28N2O5/c1-5-15(2)19-11-6-7-12-20(19)25-22(27)16(3)30-21(26)14-24-23(28)17-9-8-10-18(13-17)29-4/h6-13,15-16H,5,14H2,1-4H3,(H,24,28)(H,25,27)/t15-,16-/m0/s1. The van der Waals surface area contributed by atoms with Gasteiger partial charge in [0.05, 0.1) is 7.11 Å². The average Bonchev–Trinajstić information content (AvgIpc) is 2.77. The maximum atomic E-state index is 12.5.